The molecule has 2 amide bonds. The summed E-state index contributed by atoms with van der Waals surface area (Å²) in [6, 6.07) is 8.05. The van der Waals surface area contributed by atoms with E-state index in [1.165, 1.54) is 0 Å². The molecule has 2 aliphatic heterocycles. The molecule has 7 heteroatoms. The molecule has 2 fully saturated rings. The number of rotatable bonds is 8. The molecule has 3 rings (SSSR count). The van der Waals surface area contributed by atoms with Crippen molar-refractivity contribution in [3.05, 3.63) is 24.3 Å². The SMILES string of the molecule is O=CN(CCCO)c1ccccc1NC1CCN(C(=O)C2CCNCC2)CC1. The van der Waals surface area contributed by atoms with E-state index >= 15 is 0 Å². The largest absolute Gasteiger partial charge is 0.396 e. The highest BCUT2D eigenvalue weighted by Crippen LogP contribution is 2.28. The monoisotopic (exact) mass is 388 g/mol. The zero-order chi connectivity index (χ0) is 19.8. The third-order valence-corrected chi connectivity index (χ3v) is 5.75. The van der Waals surface area contributed by atoms with Crippen LogP contribution >= 0.6 is 0 Å². The summed E-state index contributed by atoms with van der Waals surface area (Å²) in [5.74, 6) is 0.496. The van der Waals surface area contributed by atoms with Crippen LogP contribution in [0, 0.1) is 5.92 Å². The van der Waals surface area contributed by atoms with E-state index in [0.29, 0.717) is 18.9 Å². The van der Waals surface area contributed by atoms with E-state index < -0.39 is 0 Å². The van der Waals surface area contributed by atoms with Gasteiger partial charge in [-0.25, -0.2) is 0 Å². The Morgan fingerprint density at radius 2 is 1.93 bits per heavy atom. The van der Waals surface area contributed by atoms with Crippen LogP contribution in [0.1, 0.15) is 32.1 Å². The third kappa shape index (κ3) is 5.23. The van der Waals surface area contributed by atoms with Gasteiger partial charge in [0.25, 0.3) is 0 Å². The number of anilines is 2. The molecule has 7 nitrogen and oxygen atoms in total. The Bertz CT molecular complexity index is 640. The van der Waals surface area contributed by atoms with Crippen molar-refractivity contribution >= 4 is 23.7 Å². The van der Waals surface area contributed by atoms with Crippen LogP contribution in [-0.2, 0) is 9.59 Å². The van der Waals surface area contributed by atoms with Gasteiger partial charge in [0, 0.05) is 38.2 Å². The molecule has 0 atom stereocenters. The lowest BCUT2D eigenvalue weighted by molar-refractivity contribution is -0.137. The number of benzene rings is 1. The summed E-state index contributed by atoms with van der Waals surface area (Å²) in [5.41, 5.74) is 1.76. The van der Waals surface area contributed by atoms with E-state index in [1.807, 2.05) is 29.2 Å². The molecule has 154 valence electrons. The quantitative estimate of drug-likeness (QED) is 0.587. The van der Waals surface area contributed by atoms with Crippen LogP contribution in [0.25, 0.3) is 0 Å². The zero-order valence-corrected chi connectivity index (χ0v) is 16.5. The summed E-state index contributed by atoms with van der Waals surface area (Å²) in [5, 5.41) is 15.9. The van der Waals surface area contributed by atoms with Gasteiger partial charge in [-0.15, -0.1) is 0 Å². The molecule has 0 radical (unpaired) electrons. The molecule has 2 heterocycles. The van der Waals surface area contributed by atoms with E-state index in [9.17, 15) is 9.59 Å². The number of carbonyl (C=O) groups is 2. The molecule has 0 bridgehead atoms. The first-order valence-corrected chi connectivity index (χ1v) is 10.4. The number of piperidine rings is 2. The van der Waals surface area contributed by atoms with Crippen molar-refractivity contribution < 1.29 is 14.7 Å². The first kappa shape index (κ1) is 20.6. The van der Waals surface area contributed by atoms with Gasteiger partial charge in [-0.2, -0.15) is 0 Å². The summed E-state index contributed by atoms with van der Waals surface area (Å²) in [6.07, 6.45) is 5.06. The molecule has 0 unspecified atom stereocenters. The topological polar surface area (TPSA) is 84.9 Å². The smallest absolute Gasteiger partial charge is 0.225 e. The lowest BCUT2D eigenvalue weighted by Crippen LogP contribution is -2.46. The second-order valence-electron chi connectivity index (χ2n) is 7.66. The van der Waals surface area contributed by atoms with Gasteiger partial charge in [-0.1, -0.05) is 12.1 Å². The van der Waals surface area contributed by atoms with Crippen LogP contribution in [-0.4, -0.2) is 67.7 Å². The Kier molecular flexibility index (Phi) is 7.68. The molecule has 2 aliphatic rings. The number of carbonyl (C=O) groups excluding carboxylic acids is 2. The minimum absolute atomic E-state index is 0.0590. The first-order chi connectivity index (χ1) is 13.7. The van der Waals surface area contributed by atoms with Crippen molar-refractivity contribution in [2.24, 2.45) is 5.92 Å². The molecule has 0 spiro atoms. The summed E-state index contributed by atoms with van der Waals surface area (Å²) in [4.78, 5) is 27.9. The molecule has 1 aromatic carbocycles. The second-order valence-corrected chi connectivity index (χ2v) is 7.66. The highest BCUT2D eigenvalue weighted by atomic mass is 16.3. The van der Waals surface area contributed by atoms with Gasteiger partial charge in [0.15, 0.2) is 0 Å². The molecule has 0 aliphatic carbocycles. The van der Waals surface area contributed by atoms with Gasteiger partial charge in [-0.3, -0.25) is 9.59 Å². The molecule has 0 saturated carbocycles. The highest BCUT2D eigenvalue weighted by molar-refractivity contribution is 5.83. The maximum absolute atomic E-state index is 12.7. The van der Waals surface area contributed by atoms with E-state index in [2.05, 4.69) is 10.6 Å². The number of aliphatic hydroxyl groups excluding tert-OH is 1. The van der Waals surface area contributed by atoms with Crippen LogP contribution in [0.15, 0.2) is 24.3 Å². The second kappa shape index (κ2) is 10.4. The number of hydrogen-bond donors (Lipinski definition) is 3. The van der Waals surface area contributed by atoms with Crippen molar-refractivity contribution in [1.29, 1.82) is 0 Å². The van der Waals surface area contributed by atoms with Crippen molar-refractivity contribution in [3.8, 4) is 0 Å². The summed E-state index contributed by atoms with van der Waals surface area (Å²) < 4.78 is 0. The van der Waals surface area contributed by atoms with Gasteiger partial charge in [0.2, 0.25) is 12.3 Å². The summed E-state index contributed by atoms with van der Waals surface area (Å²) >= 11 is 0. The van der Waals surface area contributed by atoms with Crippen LogP contribution in [0.5, 0.6) is 0 Å². The normalized spacial score (nSPS) is 18.7. The van der Waals surface area contributed by atoms with Crippen molar-refractivity contribution in [1.82, 2.24) is 10.2 Å². The third-order valence-electron chi connectivity index (χ3n) is 5.75. The average Bonchev–Trinajstić information content (AvgIpc) is 2.76. The lowest BCUT2D eigenvalue weighted by atomic mass is 9.95. The molecule has 0 aromatic heterocycles. The minimum atomic E-state index is 0.0590. The molecular formula is C21H32N4O3. The predicted octanol–water partition coefficient (Wildman–Crippen LogP) is 1.43. The number of hydrogen-bond acceptors (Lipinski definition) is 5. The van der Waals surface area contributed by atoms with E-state index in [0.717, 1.165) is 69.6 Å². The minimum Gasteiger partial charge on any atom is -0.396 e. The van der Waals surface area contributed by atoms with Crippen LogP contribution < -0.4 is 15.5 Å². The number of nitrogens with zero attached hydrogens (tertiary/aromatic N) is 2. The molecule has 28 heavy (non-hydrogen) atoms. The first-order valence-electron chi connectivity index (χ1n) is 10.4. The maximum Gasteiger partial charge on any atom is 0.225 e. The molecule has 2 saturated heterocycles. The van der Waals surface area contributed by atoms with Crippen LogP contribution in [0.2, 0.25) is 0 Å². The average molecular weight is 389 g/mol. The van der Waals surface area contributed by atoms with Gasteiger partial charge in [-0.05, 0) is 57.3 Å². The standard InChI is InChI=1S/C21H32N4O3/c26-15-3-12-25(16-27)20-5-2-1-4-19(20)23-18-8-13-24(14-9-18)21(28)17-6-10-22-11-7-17/h1-2,4-5,16-18,22-23,26H,3,6-15H2. The fraction of sp³-hybridized carbons (Fsp3) is 0.619. The number of nitrogens with one attached hydrogen (secondary N) is 2. The Morgan fingerprint density at radius 3 is 2.61 bits per heavy atom. The van der Waals surface area contributed by atoms with Gasteiger partial charge in [0.1, 0.15) is 0 Å². The predicted molar refractivity (Wildman–Crippen MR) is 110 cm³/mol. The Labute approximate surface area is 167 Å². The molecule has 1 aromatic rings. The number of amides is 2. The van der Waals surface area contributed by atoms with E-state index in [-0.39, 0.29) is 18.6 Å². The molecular weight excluding hydrogens is 356 g/mol. The van der Waals surface area contributed by atoms with Crippen LogP contribution in [0.3, 0.4) is 0 Å². The van der Waals surface area contributed by atoms with Gasteiger partial charge >= 0.3 is 0 Å². The number of aliphatic hydroxyl groups is 1. The maximum atomic E-state index is 12.7. The number of likely N-dealkylation sites (tertiary alicyclic amines) is 1. The number of para-hydroxylation sites is 2. The Morgan fingerprint density at radius 1 is 1.21 bits per heavy atom. The Hall–Kier alpha value is -2.12. The molecule has 3 N–H and O–H groups in total. The van der Waals surface area contributed by atoms with Crippen LogP contribution in [0.4, 0.5) is 11.4 Å². The van der Waals surface area contributed by atoms with Crippen molar-refractivity contribution in [2.75, 3.05) is 49.5 Å². The zero-order valence-electron chi connectivity index (χ0n) is 16.5. The van der Waals surface area contributed by atoms with Crippen molar-refractivity contribution in [2.45, 2.75) is 38.1 Å². The van der Waals surface area contributed by atoms with Gasteiger partial charge in [0.05, 0.1) is 11.4 Å². The summed E-state index contributed by atoms with van der Waals surface area (Å²) in [6.45, 7) is 3.99. The summed E-state index contributed by atoms with van der Waals surface area (Å²) in [7, 11) is 0. The van der Waals surface area contributed by atoms with E-state index in [4.69, 9.17) is 5.11 Å². The lowest BCUT2D eigenvalue weighted by Gasteiger charge is -2.36. The van der Waals surface area contributed by atoms with E-state index in [1.54, 1.807) is 4.90 Å². The fourth-order valence-electron chi connectivity index (χ4n) is 4.11. The van der Waals surface area contributed by atoms with Gasteiger partial charge < -0.3 is 25.5 Å². The fourth-order valence-corrected chi connectivity index (χ4v) is 4.11. The Balaban J connectivity index is 1.56. The highest BCUT2D eigenvalue weighted by Gasteiger charge is 2.29. The van der Waals surface area contributed by atoms with Crippen molar-refractivity contribution in [3.63, 3.8) is 0 Å².